The Kier molecular flexibility index (Phi) is 17.6. The lowest BCUT2D eigenvalue weighted by Gasteiger charge is -2.29. The van der Waals surface area contributed by atoms with Gasteiger partial charge in [0.1, 0.15) is 24.2 Å². The lowest BCUT2D eigenvalue weighted by Crippen LogP contribution is -2.59. The fraction of sp³-hybridized carbons (Fsp3) is 0.378. The Balaban J connectivity index is 1.52. The number of carbonyl (C=O) groups excluding carboxylic acids is 7. The summed E-state index contributed by atoms with van der Waals surface area (Å²) in [6.45, 7) is -0.537. The van der Waals surface area contributed by atoms with Gasteiger partial charge >= 0.3 is 0 Å². The molecule has 0 aliphatic carbocycles. The summed E-state index contributed by atoms with van der Waals surface area (Å²) in [6, 6.07) is 20.7. The first kappa shape index (κ1) is 46.8. The van der Waals surface area contributed by atoms with Crippen molar-refractivity contribution in [1.29, 1.82) is 0 Å². The zero-order valence-electron chi connectivity index (χ0n) is 35.1. The fourth-order valence-electron chi connectivity index (χ4n) is 7.36. The van der Waals surface area contributed by atoms with Gasteiger partial charge in [-0.15, -0.1) is 0 Å². The van der Waals surface area contributed by atoms with E-state index in [1.807, 2.05) is 60.7 Å². The number of hydrogen-bond acceptors (Lipinski definition) is 8. The highest BCUT2D eigenvalue weighted by Gasteiger charge is 2.34. The van der Waals surface area contributed by atoms with E-state index in [0.29, 0.717) is 24.0 Å². The molecular weight excluding hydrogens is 807 g/mol. The van der Waals surface area contributed by atoms with Gasteiger partial charge in [0.25, 0.3) is 0 Å². The number of nitrogens with one attached hydrogen (secondary N) is 6. The molecule has 4 atom stereocenters. The minimum Gasteiger partial charge on any atom is -0.370 e. The van der Waals surface area contributed by atoms with Crippen molar-refractivity contribution in [2.45, 2.75) is 82.0 Å². The van der Waals surface area contributed by atoms with Crippen LogP contribution in [0.4, 0.5) is 0 Å². The number of aromatic nitrogens is 1. The maximum Gasteiger partial charge on any atom is 0.246 e. The Bertz CT molecular complexity index is 2230. The molecule has 0 radical (unpaired) electrons. The Labute approximate surface area is 365 Å². The summed E-state index contributed by atoms with van der Waals surface area (Å²) in [6.07, 6.45) is 2.88. The smallest absolute Gasteiger partial charge is 0.246 e. The van der Waals surface area contributed by atoms with Crippen LogP contribution in [0.25, 0.3) is 10.9 Å². The van der Waals surface area contributed by atoms with E-state index in [4.69, 9.17) is 17.2 Å². The lowest BCUT2D eigenvalue weighted by molar-refractivity contribution is -0.139. The molecule has 0 spiro atoms. The third-order valence-corrected chi connectivity index (χ3v) is 10.6. The van der Waals surface area contributed by atoms with E-state index in [2.05, 4.69) is 36.6 Å². The van der Waals surface area contributed by atoms with Crippen molar-refractivity contribution in [3.8, 4) is 0 Å². The van der Waals surface area contributed by atoms with E-state index in [0.717, 1.165) is 16.5 Å². The number of primary amides is 1. The number of para-hydroxylation sites is 1. The number of guanidine groups is 1. The Morgan fingerprint density at radius 1 is 0.651 bits per heavy atom. The number of H-pyrrole nitrogens is 1. The van der Waals surface area contributed by atoms with E-state index in [1.165, 1.54) is 4.90 Å². The molecule has 1 fully saturated rings. The number of aliphatic imine (C=N–C) groups is 1. The molecule has 0 saturated carbocycles. The number of nitrogens with zero attached hydrogens (tertiary/aromatic N) is 2. The topological polar surface area (TPSA) is 289 Å². The van der Waals surface area contributed by atoms with Gasteiger partial charge in [-0.05, 0) is 48.4 Å². The standard InChI is InChI=1S/C45H57N11O7/c46-38(57)28-56-23-22-49-39(58)19-9-10-20-40(59)52-35(24-29-12-3-1-4-13-29)42(61)54-36(25-30-14-5-2-6-15-30)43(62)53-34(18-11-21-50-45(47)48)41(60)55-37(44(56)63)26-31-27-51-33-17-8-7-16-32(31)33/h1-8,12-17,27,34-37,51H,9-11,18-26,28H2,(H2,46,57)(H,49,58)(H,52,59)(H,53,62)(H,54,61)(H,55,60)(H4,47,48,50)/t34-,35-,36+,37-/m0/s1. The summed E-state index contributed by atoms with van der Waals surface area (Å²) < 4.78 is 0. The number of amides is 7. The predicted octanol–water partition coefficient (Wildman–Crippen LogP) is 0.193. The molecule has 0 unspecified atom stereocenters. The minimum atomic E-state index is -1.28. The van der Waals surface area contributed by atoms with Crippen molar-refractivity contribution in [2.75, 3.05) is 26.2 Å². The van der Waals surface area contributed by atoms with Crippen molar-refractivity contribution < 1.29 is 33.6 Å². The van der Waals surface area contributed by atoms with Gasteiger partial charge in [0.15, 0.2) is 5.96 Å². The van der Waals surface area contributed by atoms with Gasteiger partial charge in [0.05, 0.1) is 6.54 Å². The third kappa shape index (κ3) is 15.0. The summed E-state index contributed by atoms with van der Waals surface area (Å²) in [4.78, 5) is 104. The van der Waals surface area contributed by atoms with Gasteiger partial charge in [0, 0.05) is 68.8 Å². The normalized spacial score (nSPS) is 20.2. The Morgan fingerprint density at radius 3 is 1.84 bits per heavy atom. The van der Waals surface area contributed by atoms with Crippen molar-refractivity contribution >= 4 is 58.2 Å². The maximum atomic E-state index is 14.5. The third-order valence-electron chi connectivity index (χ3n) is 10.6. The molecule has 2 heterocycles. The summed E-state index contributed by atoms with van der Waals surface area (Å²) >= 11 is 0. The number of carbonyl (C=O) groups is 7. The van der Waals surface area contributed by atoms with Crippen LogP contribution in [0.3, 0.4) is 0 Å². The molecule has 18 nitrogen and oxygen atoms in total. The van der Waals surface area contributed by atoms with E-state index in [1.54, 1.807) is 30.5 Å². The molecule has 1 aliphatic heterocycles. The van der Waals surface area contributed by atoms with Crippen LogP contribution in [0.1, 0.15) is 55.2 Å². The van der Waals surface area contributed by atoms with Gasteiger partial charge in [-0.2, -0.15) is 0 Å². The molecule has 334 valence electrons. The van der Waals surface area contributed by atoms with Gasteiger partial charge in [-0.3, -0.25) is 38.6 Å². The molecule has 1 aromatic heterocycles. The quantitative estimate of drug-likeness (QED) is 0.0533. The summed E-state index contributed by atoms with van der Waals surface area (Å²) in [5.41, 5.74) is 19.7. The zero-order valence-corrected chi connectivity index (χ0v) is 35.1. The summed E-state index contributed by atoms with van der Waals surface area (Å²) in [5.74, 6) is -4.45. The molecule has 1 aliphatic rings. The van der Waals surface area contributed by atoms with Crippen LogP contribution in [0.2, 0.25) is 0 Å². The van der Waals surface area contributed by atoms with Crippen LogP contribution in [-0.4, -0.2) is 108 Å². The largest absolute Gasteiger partial charge is 0.370 e. The van der Waals surface area contributed by atoms with E-state index in [9.17, 15) is 33.6 Å². The molecule has 4 aromatic rings. The fourth-order valence-corrected chi connectivity index (χ4v) is 7.36. The van der Waals surface area contributed by atoms with Crippen LogP contribution in [0.15, 0.2) is 96.1 Å². The van der Waals surface area contributed by atoms with Crippen molar-refractivity contribution in [2.24, 2.45) is 22.2 Å². The molecule has 0 bridgehead atoms. The first-order valence-corrected chi connectivity index (χ1v) is 21.1. The van der Waals surface area contributed by atoms with Crippen LogP contribution in [0.5, 0.6) is 0 Å². The van der Waals surface area contributed by atoms with Crippen molar-refractivity contribution in [3.05, 3.63) is 108 Å². The molecule has 63 heavy (non-hydrogen) atoms. The molecule has 7 amide bonds. The first-order valence-electron chi connectivity index (χ1n) is 21.1. The van der Waals surface area contributed by atoms with Crippen LogP contribution in [0, 0.1) is 0 Å². The van der Waals surface area contributed by atoms with Gasteiger partial charge in [-0.1, -0.05) is 78.9 Å². The second-order valence-electron chi connectivity index (χ2n) is 15.5. The van der Waals surface area contributed by atoms with Crippen molar-refractivity contribution in [1.82, 2.24) is 36.5 Å². The lowest BCUT2D eigenvalue weighted by atomic mass is 10.0. The number of hydrogen-bond donors (Lipinski definition) is 9. The van der Waals surface area contributed by atoms with E-state index < -0.39 is 66.2 Å². The SMILES string of the molecule is NC(=O)CN1CCNC(=O)CCCCC(=O)N[C@@H](Cc2ccccc2)C(=O)N[C@H](Cc2ccccc2)C(=O)N[C@@H](CCCN=C(N)N)C(=O)N[C@@H](Cc2c[nH]c3ccccc23)C1=O. The molecule has 3 aromatic carbocycles. The average Bonchev–Trinajstić information content (AvgIpc) is 3.67. The second kappa shape index (κ2) is 23.7. The number of nitrogens with two attached hydrogens (primary N) is 3. The van der Waals surface area contributed by atoms with Crippen LogP contribution in [-0.2, 0) is 52.8 Å². The number of aromatic amines is 1. The van der Waals surface area contributed by atoms with Crippen molar-refractivity contribution in [3.63, 3.8) is 0 Å². The average molecular weight is 864 g/mol. The number of rotatable bonds is 12. The molecule has 1 saturated heterocycles. The Morgan fingerprint density at radius 2 is 1.21 bits per heavy atom. The highest BCUT2D eigenvalue weighted by molar-refractivity contribution is 5.97. The number of benzene rings is 3. The highest BCUT2D eigenvalue weighted by atomic mass is 16.2. The van der Waals surface area contributed by atoms with Crippen LogP contribution < -0.4 is 43.8 Å². The Hall–Kier alpha value is -7.24. The first-order chi connectivity index (χ1) is 30.4. The molecule has 5 rings (SSSR count). The molecular formula is C45H57N11O7. The predicted molar refractivity (Wildman–Crippen MR) is 237 cm³/mol. The maximum absolute atomic E-state index is 14.5. The van der Waals surface area contributed by atoms with Gasteiger partial charge in [-0.25, -0.2) is 0 Å². The summed E-state index contributed by atoms with van der Waals surface area (Å²) in [5, 5.41) is 14.9. The highest BCUT2D eigenvalue weighted by Crippen LogP contribution is 2.20. The molecule has 18 heteroatoms. The minimum absolute atomic E-state index is 0.0120. The number of fused-ring (bicyclic) bond motifs is 1. The van der Waals surface area contributed by atoms with Gasteiger partial charge in [0.2, 0.25) is 41.4 Å². The monoisotopic (exact) mass is 863 g/mol. The van der Waals surface area contributed by atoms with E-state index in [-0.39, 0.29) is 76.4 Å². The molecule has 12 N–H and O–H groups in total. The van der Waals surface area contributed by atoms with Gasteiger partial charge < -0.3 is 53.7 Å². The second-order valence-corrected chi connectivity index (χ2v) is 15.5. The van der Waals surface area contributed by atoms with Crippen LogP contribution >= 0.6 is 0 Å². The van der Waals surface area contributed by atoms with E-state index >= 15 is 0 Å². The zero-order chi connectivity index (χ0) is 45.1. The summed E-state index contributed by atoms with van der Waals surface area (Å²) in [7, 11) is 0.